The highest BCUT2D eigenvalue weighted by atomic mass is 35.5. The zero-order valence-electron chi connectivity index (χ0n) is 13.3. The van der Waals surface area contributed by atoms with Gasteiger partial charge >= 0.3 is 6.09 Å². The number of hydrogen-bond acceptors (Lipinski definition) is 3. The molecular weight excluding hydrogens is 339 g/mol. The Morgan fingerprint density at radius 3 is 2.39 bits per heavy atom. The van der Waals surface area contributed by atoms with E-state index in [0.29, 0.717) is 16.6 Å². The second kappa shape index (κ2) is 8.79. The smallest absolute Gasteiger partial charge is 0.407 e. The van der Waals surface area contributed by atoms with Crippen LogP contribution in [0.5, 0.6) is 0 Å². The van der Waals surface area contributed by atoms with Crippen LogP contribution in [0, 0.1) is 0 Å². The Morgan fingerprint density at radius 2 is 1.78 bits per heavy atom. The third kappa shape index (κ3) is 8.47. The molecule has 126 valence electrons. The summed E-state index contributed by atoms with van der Waals surface area (Å²) in [5.74, 6) is -0.276. The van der Waals surface area contributed by atoms with E-state index >= 15 is 0 Å². The summed E-state index contributed by atoms with van der Waals surface area (Å²) < 4.78 is 5.07. The first-order valence-electron chi connectivity index (χ1n) is 7.05. The Bertz CT molecular complexity index is 595. The number of carbonyl (C=O) groups excluding carboxylic acids is 2. The average Bonchev–Trinajstić information content (AvgIpc) is 2.43. The lowest BCUT2D eigenvalue weighted by atomic mass is 10.2. The quantitative estimate of drug-likeness (QED) is 0.623. The van der Waals surface area contributed by atoms with Crippen LogP contribution in [-0.4, -0.2) is 30.7 Å². The summed E-state index contributed by atoms with van der Waals surface area (Å²) in [7, 11) is 0. The van der Waals surface area contributed by atoms with Gasteiger partial charge in [-0.2, -0.15) is 0 Å². The monoisotopic (exact) mass is 358 g/mol. The minimum atomic E-state index is -0.546. The molecule has 5 nitrogen and oxygen atoms in total. The normalized spacial score (nSPS) is 11.3. The molecule has 1 rings (SSSR count). The molecule has 0 heterocycles. The molecule has 0 aliphatic heterocycles. The van der Waals surface area contributed by atoms with E-state index in [2.05, 4.69) is 10.6 Å². The van der Waals surface area contributed by atoms with Crippen molar-refractivity contribution in [2.45, 2.75) is 26.4 Å². The van der Waals surface area contributed by atoms with Crippen molar-refractivity contribution >= 4 is 41.3 Å². The topological polar surface area (TPSA) is 67.4 Å². The first kappa shape index (κ1) is 19.3. The second-order valence-corrected chi connectivity index (χ2v) is 6.54. The van der Waals surface area contributed by atoms with Crippen LogP contribution < -0.4 is 10.6 Å². The van der Waals surface area contributed by atoms with Gasteiger partial charge in [-0.05, 0) is 44.5 Å². The fraction of sp³-hybridized carbons (Fsp3) is 0.375. The first-order valence-corrected chi connectivity index (χ1v) is 7.81. The number of benzene rings is 1. The molecule has 0 aromatic heterocycles. The van der Waals surface area contributed by atoms with Crippen molar-refractivity contribution in [1.82, 2.24) is 10.6 Å². The summed E-state index contributed by atoms with van der Waals surface area (Å²) in [6, 6.07) is 5.08. The summed E-state index contributed by atoms with van der Waals surface area (Å²) in [4.78, 5) is 23.0. The molecule has 0 spiro atoms. The van der Waals surface area contributed by atoms with Gasteiger partial charge in [0.2, 0.25) is 5.91 Å². The zero-order chi connectivity index (χ0) is 17.5. The van der Waals surface area contributed by atoms with Crippen LogP contribution >= 0.6 is 23.2 Å². The minimum absolute atomic E-state index is 0.276. The third-order valence-corrected chi connectivity index (χ3v) is 3.20. The maximum atomic E-state index is 11.6. The van der Waals surface area contributed by atoms with Gasteiger partial charge in [-0.15, -0.1) is 0 Å². The Hall–Kier alpha value is -1.72. The Labute approximate surface area is 146 Å². The fourth-order valence-corrected chi connectivity index (χ4v) is 1.82. The van der Waals surface area contributed by atoms with Gasteiger partial charge in [0.05, 0.1) is 10.0 Å². The number of carbonyl (C=O) groups is 2. The van der Waals surface area contributed by atoms with Crippen molar-refractivity contribution in [3.05, 3.63) is 39.9 Å². The molecule has 0 bridgehead atoms. The van der Waals surface area contributed by atoms with Gasteiger partial charge in [-0.1, -0.05) is 29.3 Å². The molecule has 0 aliphatic rings. The molecule has 0 aliphatic carbocycles. The summed E-state index contributed by atoms with van der Waals surface area (Å²) in [5, 5.41) is 6.08. The number of ether oxygens (including phenoxy) is 1. The maximum Gasteiger partial charge on any atom is 0.407 e. The van der Waals surface area contributed by atoms with E-state index in [9.17, 15) is 9.59 Å². The van der Waals surface area contributed by atoms with Crippen LogP contribution in [-0.2, 0) is 9.53 Å². The number of amides is 2. The van der Waals surface area contributed by atoms with Crippen molar-refractivity contribution in [3.8, 4) is 0 Å². The van der Waals surface area contributed by atoms with Crippen molar-refractivity contribution in [2.24, 2.45) is 0 Å². The lowest BCUT2D eigenvalue weighted by molar-refractivity contribution is -0.116. The highest BCUT2D eigenvalue weighted by Gasteiger charge is 2.15. The van der Waals surface area contributed by atoms with Gasteiger partial charge in [0.25, 0.3) is 0 Å². The van der Waals surface area contributed by atoms with Crippen molar-refractivity contribution < 1.29 is 14.3 Å². The Morgan fingerprint density at radius 1 is 1.13 bits per heavy atom. The van der Waals surface area contributed by atoms with E-state index in [0.717, 1.165) is 5.56 Å². The predicted molar refractivity (Wildman–Crippen MR) is 92.7 cm³/mol. The van der Waals surface area contributed by atoms with E-state index in [1.165, 1.54) is 6.08 Å². The summed E-state index contributed by atoms with van der Waals surface area (Å²) in [6.07, 6.45) is 2.49. The average molecular weight is 359 g/mol. The molecule has 0 unspecified atom stereocenters. The summed E-state index contributed by atoms with van der Waals surface area (Å²) >= 11 is 11.7. The van der Waals surface area contributed by atoms with Crippen LogP contribution in [0.3, 0.4) is 0 Å². The molecule has 0 fully saturated rings. The van der Waals surface area contributed by atoms with Crippen LogP contribution in [0.2, 0.25) is 10.0 Å². The highest BCUT2D eigenvalue weighted by molar-refractivity contribution is 6.42. The summed E-state index contributed by atoms with van der Waals surface area (Å²) in [6.45, 7) is 5.91. The SMILES string of the molecule is CC(C)(C)OC(=O)NCCNC(=O)/C=C/c1ccc(Cl)c(Cl)c1. The molecule has 0 saturated carbocycles. The molecule has 0 saturated heterocycles. The van der Waals surface area contributed by atoms with E-state index in [4.69, 9.17) is 27.9 Å². The molecule has 0 radical (unpaired) electrons. The fourth-order valence-electron chi connectivity index (χ4n) is 1.51. The van der Waals surface area contributed by atoms with Gasteiger partial charge in [0, 0.05) is 19.2 Å². The lowest BCUT2D eigenvalue weighted by Gasteiger charge is -2.19. The van der Waals surface area contributed by atoms with Gasteiger partial charge in [-0.3, -0.25) is 4.79 Å². The molecule has 2 amide bonds. The number of alkyl carbamates (subject to hydrolysis) is 1. The summed E-state index contributed by atoms with van der Waals surface area (Å²) in [5.41, 5.74) is 0.220. The van der Waals surface area contributed by atoms with Gasteiger partial charge in [0.15, 0.2) is 0 Å². The standard InChI is InChI=1S/C16H20Cl2N2O3/c1-16(2,3)23-15(22)20-9-8-19-14(21)7-5-11-4-6-12(17)13(18)10-11/h4-7,10H,8-9H2,1-3H3,(H,19,21)(H,20,22)/b7-5+. The van der Waals surface area contributed by atoms with Crippen molar-refractivity contribution in [2.75, 3.05) is 13.1 Å². The van der Waals surface area contributed by atoms with Gasteiger partial charge in [0.1, 0.15) is 5.60 Å². The van der Waals surface area contributed by atoms with Crippen LogP contribution in [0.25, 0.3) is 6.08 Å². The molecular formula is C16H20Cl2N2O3. The third-order valence-electron chi connectivity index (χ3n) is 2.46. The Balaban J connectivity index is 2.30. The molecule has 7 heteroatoms. The van der Waals surface area contributed by atoms with Gasteiger partial charge < -0.3 is 15.4 Å². The van der Waals surface area contributed by atoms with E-state index in [1.54, 1.807) is 45.0 Å². The largest absolute Gasteiger partial charge is 0.444 e. The zero-order valence-corrected chi connectivity index (χ0v) is 14.8. The van der Waals surface area contributed by atoms with E-state index in [-0.39, 0.29) is 12.5 Å². The van der Waals surface area contributed by atoms with Crippen molar-refractivity contribution in [1.29, 1.82) is 0 Å². The molecule has 23 heavy (non-hydrogen) atoms. The molecule has 2 N–H and O–H groups in total. The Kier molecular flexibility index (Phi) is 7.39. The molecule has 1 aromatic rings. The first-order chi connectivity index (χ1) is 10.7. The second-order valence-electron chi connectivity index (χ2n) is 5.73. The number of rotatable bonds is 5. The van der Waals surface area contributed by atoms with Crippen molar-refractivity contribution in [3.63, 3.8) is 0 Å². The number of nitrogens with one attached hydrogen (secondary N) is 2. The number of hydrogen-bond donors (Lipinski definition) is 2. The highest BCUT2D eigenvalue weighted by Crippen LogP contribution is 2.23. The lowest BCUT2D eigenvalue weighted by Crippen LogP contribution is -2.37. The maximum absolute atomic E-state index is 11.6. The van der Waals surface area contributed by atoms with Crippen LogP contribution in [0.1, 0.15) is 26.3 Å². The van der Waals surface area contributed by atoms with Crippen LogP contribution in [0.4, 0.5) is 4.79 Å². The number of halogens is 2. The van der Waals surface area contributed by atoms with Crippen LogP contribution in [0.15, 0.2) is 24.3 Å². The van der Waals surface area contributed by atoms with Gasteiger partial charge in [-0.25, -0.2) is 4.79 Å². The molecule has 1 aromatic carbocycles. The van der Waals surface area contributed by atoms with E-state index < -0.39 is 11.7 Å². The molecule has 0 atom stereocenters. The minimum Gasteiger partial charge on any atom is -0.444 e. The predicted octanol–water partition coefficient (Wildman–Crippen LogP) is 3.65. The van der Waals surface area contributed by atoms with E-state index in [1.807, 2.05) is 0 Å².